The van der Waals surface area contributed by atoms with Gasteiger partial charge in [-0.15, -0.1) is 0 Å². The van der Waals surface area contributed by atoms with Crippen LogP contribution in [0.2, 0.25) is 0 Å². The van der Waals surface area contributed by atoms with Gasteiger partial charge in [0, 0.05) is 19.2 Å². The number of rotatable bonds is 5. The predicted octanol–water partition coefficient (Wildman–Crippen LogP) is 3.47. The van der Waals surface area contributed by atoms with Crippen molar-refractivity contribution < 1.29 is 9.18 Å². The fraction of sp³-hybridized carbons (Fsp3) is 0.167. The van der Waals surface area contributed by atoms with E-state index in [0.717, 1.165) is 5.56 Å². The van der Waals surface area contributed by atoms with Gasteiger partial charge < -0.3 is 10.6 Å². The number of nitrogens with zero attached hydrogens (tertiary/aromatic N) is 1. The van der Waals surface area contributed by atoms with Crippen LogP contribution >= 0.6 is 0 Å². The Morgan fingerprint density at radius 2 is 1.95 bits per heavy atom. The van der Waals surface area contributed by atoms with Crippen molar-refractivity contribution in [1.29, 1.82) is 0 Å². The summed E-state index contributed by atoms with van der Waals surface area (Å²) in [6.45, 7) is 3.11. The maximum Gasteiger partial charge on any atom is 0.246 e. The lowest BCUT2D eigenvalue weighted by atomic mass is 10.1. The second-order valence-corrected chi connectivity index (χ2v) is 4.95. The van der Waals surface area contributed by atoms with E-state index < -0.39 is 5.82 Å². The van der Waals surface area contributed by atoms with Crippen molar-refractivity contribution in [2.75, 3.05) is 12.3 Å². The molecule has 0 atom stereocenters. The Morgan fingerprint density at radius 1 is 1.23 bits per heavy atom. The molecule has 0 aliphatic heterocycles. The van der Waals surface area contributed by atoms with Gasteiger partial charge in [-0.3, -0.25) is 4.79 Å². The summed E-state index contributed by atoms with van der Waals surface area (Å²) in [6, 6.07) is 14.2. The van der Waals surface area contributed by atoms with Crippen molar-refractivity contribution >= 4 is 17.7 Å². The van der Waals surface area contributed by atoms with Crippen LogP contribution in [-0.2, 0) is 11.3 Å². The Labute approximate surface area is 129 Å². The third kappa shape index (κ3) is 4.19. The van der Waals surface area contributed by atoms with Gasteiger partial charge in [-0.05, 0) is 36.3 Å². The zero-order chi connectivity index (χ0) is 15.9. The molecule has 2 N–H and O–H groups in total. The van der Waals surface area contributed by atoms with Crippen molar-refractivity contribution in [2.45, 2.75) is 13.5 Å². The molecule has 0 saturated carbocycles. The Hall–Kier alpha value is -2.62. The van der Waals surface area contributed by atoms with E-state index in [1.165, 1.54) is 18.2 Å². The lowest BCUT2D eigenvalue weighted by Crippen LogP contribution is -2.28. The molecule has 0 heterocycles. The molecule has 22 heavy (non-hydrogen) atoms. The maximum atomic E-state index is 13.1. The van der Waals surface area contributed by atoms with Crippen molar-refractivity contribution in [3.05, 3.63) is 71.6 Å². The molecule has 0 bridgehead atoms. The van der Waals surface area contributed by atoms with Crippen LogP contribution in [0.15, 0.2) is 54.6 Å². The average Bonchev–Trinajstić information content (AvgIpc) is 2.54. The molecule has 0 aliphatic carbocycles. The Morgan fingerprint density at radius 3 is 2.59 bits per heavy atom. The molecule has 2 aromatic rings. The highest BCUT2D eigenvalue weighted by atomic mass is 19.1. The number of carbonyl (C=O) groups is 1. The first-order valence-electron chi connectivity index (χ1n) is 7.16. The molecular formula is C18H19FN2O. The number of nitrogen functional groups attached to an aromatic ring is 1. The standard InChI is InChI=1S/C18H19FN2O/c1-2-21(13-15-6-4-3-5-7-15)18(22)11-9-14-8-10-16(19)17(20)12-14/h3-12H,2,13,20H2,1H3/b11-9+. The number of hydrogen-bond donors (Lipinski definition) is 1. The second kappa shape index (κ2) is 7.41. The molecule has 0 fully saturated rings. The molecule has 2 rings (SSSR count). The first kappa shape index (κ1) is 15.8. The van der Waals surface area contributed by atoms with E-state index in [2.05, 4.69) is 0 Å². The topological polar surface area (TPSA) is 46.3 Å². The monoisotopic (exact) mass is 298 g/mol. The largest absolute Gasteiger partial charge is 0.396 e. The molecule has 0 aliphatic rings. The highest BCUT2D eigenvalue weighted by Gasteiger charge is 2.08. The summed E-state index contributed by atoms with van der Waals surface area (Å²) < 4.78 is 13.1. The molecule has 1 amide bonds. The van der Waals surface area contributed by atoms with Crippen LogP contribution in [0.25, 0.3) is 6.08 Å². The molecule has 114 valence electrons. The zero-order valence-corrected chi connectivity index (χ0v) is 12.5. The highest BCUT2D eigenvalue weighted by Crippen LogP contribution is 2.14. The first-order chi connectivity index (χ1) is 10.6. The third-order valence-electron chi connectivity index (χ3n) is 3.35. The van der Waals surface area contributed by atoms with E-state index >= 15 is 0 Å². The molecule has 2 aromatic carbocycles. The van der Waals surface area contributed by atoms with Gasteiger partial charge in [-0.25, -0.2) is 4.39 Å². The molecule has 0 radical (unpaired) electrons. The fourth-order valence-electron chi connectivity index (χ4n) is 2.09. The van der Waals surface area contributed by atoms with Crippen LogP contribution in [0.4, 0.5) is 10.1 Å². The van der Waals surface area contributed by atoms with Gasteiger partial charge in [0.1, 0.15) is 5.82 Å². The van der Waals surface area contributed by atoms with Gasteiger partial charge in [0.05, 0.1) is 5.69 Å². The van der Waals surface area contributed by atoms with E-state index in [-0.39, 0.29) is 11.6 Å². The average molecular weight is 298 g/mol. The summed E-state index contributed by atoms with van der Waals surface area (Å²) in [5.74, 6) is -0.544. The second-order valence-electron chi connectivity index (χ2n) is 4.95. The minimum absolute atomic E-state index is 0.0752. The van der Waals surface area contributed by atoms with Gasteiger partial charge in [0.2, 0.25) is 5.91 Å². The van der Waals surface area contributed by atoms with Crippen LogP contribution in [0.5, 0.6) is 0 Å². The summed E-state index contributed by atoms with van der Waals surface area (Å²) in [7, 11) is 0. The maximum absolute atomic E-state index is 13.1. The predicted molar refractivity (Wildman–Crippen MR) is 87.4 cm³/mol. The molecule has 0 aromatic heterocycles. The smallest absolute Gasteiger partial charge is 0.246 e. The summed E-state index contributed by atoms with van der Waals surface area (Å²) in [6.07, 6.45) is 3.13. The fourth-order valence-corrected chi connectivity index (χ4v) is 2.09. The SMILES string of the molecule is CCN(Cc1ccccc1)C(=O)/C=C/c1ccc(F)c(N)c1. The van der Waals surface area contributed by atoms with Gasteiger partial charge in [-0.1, -0.05) is 36.4 Å². The summed E-state index contributed by atoms with van der Waals surface area (Å²) in [5.41, 5.74) is 7.36. The summed E-state index contributed by atoms with van der Waals surface area (Å²) in [4.78, 5) is 14.0. The molecule has 4 heteroatoms. The first-order valence-corrected chi connectivity index (χ1v) is 7.16. The van der Waals surface area contributed by atoms with Gasteiger partial charge in [-0.2, -0.15) is 0 Å². The van der Waals surface area contributed by atoms with Crippen molar-refractivity contribution in [2.24, 2.45) is 0 Å². The van der Waals surface area contributed by atoms with Gasteiger partial charge in [0.25, 0.3) is 0 Å². The number of carbonyl (C=O) groups excluding carboxylic acids is 1. The number of anilines is 1. The molecule has 0 saturated heterocycles. The molecular weight excluding hydrogens is 279 g/mol. The lowest BCUT2D eigenvalue weighted by Gasteiger charge is -2.19. The zero-order valence-electron chi connectivity index (χ0n) is 12.5. The normalized spacial score (nSPS) is 10.8. The third-order valence-corrected chi connectivity index (χ3v) is 3.35. The highest BCUT2D eigenvalue weighted by molar-refractivity contribution is 5.91. The van der Waals surface area contributed by atoms with Crippen LogP contribution in [0, 0.1) is 5.82 Å². The number of halogens is 1. The van der Waals surface area contributed by atoms with Crippen molar-refractivity contribution in [3.8, 4) is 0 Å². The van der Waals surface area contributed by atoms with E-state index in [4.69, 9.17) is 5.73 Å². The van der Waals surface area contributed by atoms with Crippen LogP contribution in [-0.4, -0.2) is 17.4 Å². The quantitative estimate of drug-likeness (QED) is 0.678. The molecule has 0 unspecified atom stereocenters. The van der Waals surface area contributed by atoms with Crippen LogP contribution < -0.4 is 5.73 Å². The summed E-state index contributed by atoms with van der Waals surface area (Å²) >= 11 is 0. The minimum Gasteiger partial charge on any atom is -0.396 e. The van der Waals surface area contributed by atoms with Crippen LogP contribution in [0.3, 0.4) is 0 Å². The number of hydrogen-bond acceptors (Lipinski definition) is 2. The molecule has 3 nitrogen and oxygen atoms in total. The Balaban J connectivity index is 2.05. The summed E-state index contributed by atoms with van der Waals surface area (Å²) in [5, 5.41) is 0. The van der Waals surface area contributed by atoms with E-state index in [1.54, 1.807) is 17.0 Å². The Kier molecular flexibility index (Phi) is 5.31. The number of likely N-dealkylation sites (N-methyl/N-ethyl adjacent to an activating group) is 1. The van der Waals surface area contributed by atoms with E-state index in [0.29, 0.717) is 18.7 Å². The lowest BCUT2D eigenvalue weighted by molar-refractivity contribution is -0.126. The number of amides is 1. The number of benzene rings is 2. The van der Waals surface area contributed by atoms with Crippen molar-refractivity contribution in [1.82, 2.24) is 4.90 Å². The van der Waals surface area contributed by atoms with Crippen LogP contribution in [0.1, 0.15) is 18.1 Å². The van der Waals surface area contributed by atoms with Crippen molar-refractivity contribution in [3.63, 3.8) is 0 Å². The van der Waals surface area contributed by atoms with Gasteiger partial charge >= 0.3 is 0 Å². The number of nitrogens with two attached hydrogens (primary N) is 1. The van der Waals surface area contributed by atoms with E-state index in [9.17, 15) is 9.18 Å². The van der Waals surface area contributed by atoms with E-state index in [1.807, 2.05) is 37.3 Å². The minimum atomic E-state index is -0.456. The Bertz CT molecular complexity index is 668. The van der Waals surface area contributed by atoms with Gasteiger partial charge in [0.15, 0.2) is 0 Å². The molecule has 0 spiro atoms.